The van der Waals surface area contributed by atoms with Crippen LogP contribution in [0.3, 0.4) is 0 Å². The maximum Gasteiger partial charge on any atom is 0.333 e. The quantitative estimate of drug-likeness (QED) is 0.336. The first-order valence-corrected chi connectivity index (χ1v) is 13.2. The lowest BCUT2D eigenvalue weighted by molar-refractivity contribution is -0.140. The first-order chi connectivity index (χ1) is 16.0. The highest BCUT2D eigenvalue weighted by Crippen LogP contribution is 2.24. The number of carbonyl (C=O) groups excluding carboxylic acids is 3. The number of nitrogens with zero attached hydrogens (tertiary/aromatic N) is 2. The molecule has 0 aromatic rings. The number of rotatable bonds is 12. The van der Waals surface area contributed by atoms with Gasteiger partial charge in [0.25, 0.3) is 0 Å². The van der Waals surface area contributed by atoms with Gasteiger partial charge in [0.05, 0.1) is 18.7 Å². The summed E-state index contributed by atoms with van der Waals surface area (Å²) in [6.07, 6.45) is 6.79. The maximum absolute atomic E-state index is 13.6. The number of hydrogen-bond donors (Lipinski definition) is 1. The highest BCUT2D eigenvalue weighted by atomic mass is 16.5. The molecule has 0 aromatic heterocycles. The molecule has 196 valence electrons. The lowest BCUT2D eigenvalue weighted by Gasteiger charge is -2.41. The van der Waals surface area contributed by atoms with Crippen molar-refractivity contribution in [1.82, 2.24) is 15.1 Å². The van der Waals surface area contributed by atoms with Crippen LogP contribution in [0.25, 0.3) is 0 Å². The van der Waals surface area contributed by atoms with Crippen molar-refractivity contribution >= 4 is 17.8 Å². The average molecular weight is 480 g/mol. The van der Waals surface area contributed by atoms with E-state index < -0.39 is 6.04 Å². The number of likely N-dealkylation sites (tertiary alicyclic amines) is 1. The third kappa shape index (κ3) is 8.10. The van der Waals surface area contributed by atoms with Crippen LogP contribution >= 0.6 is 0 Å². The Morgan fingerprint density at radius 1 is 1.06 bits per heavy atom. The highest BCUT2D eigenvalue weighted by molar-refractivity contribution is 5.91. The average Bonchev–Trinajstić information content (AvgIpc) is 2.80. The van der Waals surface area contributed by atoms with E-state index in [1.165, 1.54) is 0 Å². The third-order valence-electron chi connectivity index (χ3n) is 6.98. The van der Waals surface area contributed by atoms with Crippen LogP contribution < -0.4 is 5.32 Å². The first kappa shape index (κ1) is 30.1. The summed E-state index contributed by atoms with van der Waals surface area (Å²) in [5.74, 6) is -0.537. The molecule has 0 bridgehead atoms. The van der Waals surface area contributed by atoms with E-state index >= 15 is 0 Å². The second kappa shape index (κ2) is 14.5. The number of carbonyl (C=O) groups is 3. The molecule has 1 rings (SSSR count). The van der Waals surface area contributed by atoms with Crippen LogP contribution in [0.5, 0.6) is 0 Å². The standard InChI is InChI=1S/C27H49N3O4/c1-10-21(11-2)30-16-14-13-15-22(30)25(31)28-24(19(6)7)26(32)29(9)23(18(4)5)17-20(8)27(33)34-12-3/h17-19,21-24H,10-16H2,1-9H3,(H,28,31)/b20-17+. The van der Waals surface area contributed by atoms with Gasteiger partial charge in [-0.05, 0) is 57.9 Å². The molecular weight excluding hydrogens is 430 g/mol. The van der Waals surface area contributed by atoms with E-state index in [0.29, 0.717) is 18.2 Å². The monoisotopic (exact) mass is 479 g/mol. The van der Waals surface area contributed by atoms with Crippen molar-refractivity contribution in [2.75, 3.05) is 20.2 Å². The molecule has 1 aliphatic heterocycles. The first-order valence-electron chi connectivity index (χ1n) is 13.2. The van der Waals surface area contributed by atoms with Crippen LogP contribution in [0.15, 0.2) is 11.6 Å². The predicted molar refractivity (Wildman–Crippen MR) is 137 cm³/mol. The Labute approximate surface area is 207 Å². The molecule has 34 heavy (non-hydrogen) atoms. The Morgan fingerprint density at radius 3 is 2.18 bits per heavy atom. The van der Waals surface area contributed by atoms with Crippen molar-refractivity contribution in [1.29, 1.82) is 0 Å². The fourth-order valence-corrected chi connectivity index (χ4v) is 4.88. The van der Waals surface area contributed by atoms with Crippen LogP contribution in [0.1, 0.15) is 87.5 Å². The van der Waals surface area contributed by atoms with Gasteiger partial charge in [-0.3, -0.25) is 14.5 Å². The molecule has 1 saturated heterocycles. The van der Waals surface area contributed by atoms with Gasteiger partial charge in [-0.2, -0.15) is 0 Å². The van der Waals surface area contributed by atoms with Gasteiger partial charge in [0.1, 0.15) is 6.04 Å². The van der Waals surface area contributed by atoms with Crippen molar-refractivity contribution in [3.63, 3.8) is 0 Å². The van der Waals surface area contributed by atoms with Gasteiger partial charge in [-0.1, -0.05) is 54.0 Å². The number of amides is 2. The molecule has 1 aliphatic rings. The van der Waals surface area contributed by atoms with E-state index in [1.807, 2.05) is 27.7 Å². The lowest BCUT2D eigenvalue weighted by Crippen LogP contribution is -2.59. The van der Waals surface area contributed by atoms with Crippen molar-refractivity contribution in [3.8, 4) is 0 Å². The smallest absolute Gasteiger partial charge is 0.333 e. The molecule has 0 spiro atoms. The number of hydrogen-bond acceptors (Lipinski definition) is 5. The Bertz CT molecular complexity index is 700. The summed E-state index contributed by atoms with van der Waals surface area (Å²) >= 11 is 0. The number of piperidine rings is 1. The second-order valence-corrected chi connectivity index (χ2v) is 10.2. The minimum absolute atomic E-state index is 0.0496. The minimum Gasteiger partial charge on any atom is -0.463 e. The summed E-state index contributed by atoms with van der Waals surface area (Å²) in [5, 5.41) is 3.11. The molecular formula is C27H49N3O4. The van der Waals surface area contributed by atoms with Crippen LogP contribution in [0.4, 0.5) is 0 Å². The maximum atomic E-state index is 13.6. The molecule has 0 aliphatic carbocycles. The van der Waals surface area contributed by atoms with Gasteiger partial charge in [0.15, 0.2) is 0 Å². The zero-order valence-corrected chi connectivity index (χ0v) is 23.0. The predicted octanol–water partition coefficient (Wildman–Crippen LogP) is 4.16. The summed E-state index contributed by atoms with van der Waals surface area (Å²) in [6, 6.07) is -0.718. The summed E-state index contributed by atoms with van der Waals surface area (Å²) < 4.78 is 5.11. The molecule has 1 heterocycles. The molecule has 7 nitrogen and oxygen atoms in total. The Hall–Kier alpha value is -1.89. The molecule has 3 atom stereocenters. The zero-order chi connectivity index (χ0) is 26.0. The fraction of sp³-hybridized carbons (Fsp3) is 0.815. The number of ether oxygens (including phenoxy) is 1. The Kier molecular flexibility index (Phi) is 12.9. The van der Waals surface area contributed by atoms with Crippen molar-refractivity contribution in [3.05, 3.63) is 11.6 Å². The van der Waals surface area contributed by atoms with Gasteiger partial charge in [-0.25, -0.2) is 4.79 Å². The van der Waals surface area contributed by atoms with Gasteiger partial charge in [-0.15, -0.1) is 0 Å². The van der Waals surface area contributed by atoms with E-state index in [-0.39, 0.29) is 41.7 Å². The molecule has 0 saturated carbocycles. The molecule has 3 unspecified atom stereocenters. The zero-order valence-electron chi connectivity index (χ0n) is 23.0. The van der Waals surface area contributed by atoms with E-state index in [2.05, 4.69) is 24.1 Å². The van der Waals surface area contributed by atoms with Gasteiger partial charge in [0, 0.05) is 18.7 Å². The summed E-state index contributed by atoms with van der Waals surface area (Å²) in [5.41, 5.74) is 0.480. The second-order valence-electron chi connectivity index (χ2n) is 10.2. The van der Waals surface area contributed by atoms with Crippen molar-refractivity contribution in [2.45, 2.75) is 112 Å². The molecule has 1 N–H and O–H groups in total. The molecule has 2 amide bonds. The van der Waals surface area contributed by atoms with Crippen molar-refractivity contribution < 1.29 is 19.1 Å². The van der Waals surface area contributed by atoms with E-state index in [9.17, 15) is 14.4 Å². The third-order valence-corrected chi connectivity index (χ3v) is 6.98. The SMILES string of the molecule is CCOC(=O)/C(C)=C/C(C(C)C)N(C)C(=O)C(NC(=O)C1CCCCN1C(CC)CC)C(C)C. The number of likely N-dealkylation sites (N-methyl/N-ethyl adjacent to an activating group) is 1. The lowest BCUT2D eigenvalue weighted by atomic mass is 9.94. The van der Waals surface area contributed by atoms with Crippen molar-refractivity contribution in [2.24, 2.45) is 11.8 Å². The van der Waals surface area contributed by atoms with Crippen LogP contribution in [0, 0.1) is 11.8 Å². The Morgan fingerprint density at radius 2 is 1.68 bits per heavy atom. The summed E-state index contributed by atoms with van der Waals surface area (Å²) in [4.78, 5) is 43.2. The summed E-state index contributed by atoms with van der Waals surface area (Å²) in [7, 11) is 1.75. The van der Waals surface area contributed by atoms with Gasteiger partial charge >= 0.3 is 5.97 Å². The molecule has 0 aromatic carbocycles. The largest absolute Gasteiger partial charge is 0.463 e. The van der Waals surface area contributed by atoms with E-state index in [0.717, 1.165) is 38.6 Å². The molecule has 0 radical (unpaired) electrons. The normalized spacial score (nSPS) is 19.3. The van der Waals surface area contributed by atoms with E-state index in [1.54, 1.807) is 31.9 Å². The Balaban J connectivity index is 3.09. The van der Waals surface area contributed by atoms with Gasteiger partial charge < -0.3 is 15.0 Å². The topological polar surface area (TPSA) is 79.0 Å². The molecule has 1 fully saturated rings. The number of nitrogens with one attached hydrogen (secondary N) is 1. The van der Waals surface area contributed by atoms with Crippen LogP contribution in [-0.4, -0.2) is 72.0 Å². The van der Waals surface area contributed by atoms with E-state index in [4.69, 9.17) is 4.74 Å². The molecule has 7 heteroatoms. The summed E-state index contributed by atoms with van der Waals surface area (Å²) in [6.45, 7) is 17.0. The highest BCUT2D eigenvalue weighted by Gasteiger charge is 2.36. The van der Waals surface area contributed by atoms with Crippen LogP contribution in [0.2, 0.25) is 0 Å². The minimum atomic E-state index is -0.625. The fourth-order valence-electron chi connectivity index (χ4n) is 4.88. The number of esters is 1. The van der Waals surface area contributed by atoms with Crippen LogP contribution in [-0.2, 0) is 19.1 Å². The van der Waals surface area contributed by atoms with Gasteiger partial charge in [0.2, 0.25) is 11.8 Å².